The predicted octanol–water partition coefficient (Wildman–Crippen LogP) is 3.75. The predicted molar refractivity (Wildman–Crippen MR) is 88.9 cm³/mol. The molecule has 0 saturated heterocycles. The summed E-state index contributed by atoms with van der Waals surface area (Å²) in [7, 11) is 0. The molecule has 22 heavy (non-hydrogen) atoms. The molecule has 7 heteroatoms. The number of nitrogens with zero attached hydrogens (tertiary/aromatic N) is 2. The molecule has 0 saturated carbocycles. The Hall–Kier alpha value is -2.44. The summed E-state index contributed by atoms with van der Waals surface area (Å²) in [6.45, 7) is 0. The van der Waals surface area contributed by atoms with Gasteiger partial charge in [-0.2, -0.15) is 0 Å². The van der Waals surface area contributed by atoms with Gasteiger partial charge in [0.05, 0.1) is 0 Å². The molecule has 0 radical (unpaired) electrons. The number of pyridine rings is 1. The van der Waals surface area contributed by atoms with Gasteiger partial charge in [0.15, 0.2) is 5.13 Å². The van der Waals surface area contributed by atoms with Gasteiger partial charge in [-0.15, -0.1) is 0 Å². The van der Waals surface area contributed by atoms with E-state index in [2.05, 4.69) is 15.3 Å². The van der Waals surface area contributed by atoms with Crippen LogP contribution in [0.15, 0.2) is 48.8 Å². The van der Waals surface area contributed by atoms with Gasteiger partial charge < -0.3 is 11.1 Å². The zero-order chi connectivity index (χ0) is 15.5. The molecule has 0 aliphatic rings. The number of hydrogen-bond donors (Lipinski definition) is 2. The number of nitrogens with one attached hydrogen (secondary N) is 1. The molecule has 0 aliphatic heterocycles. The van der Waals surface area contributed by atoms with E-state index in [1.165, 1.54) is 11.3 Å². The Morgan fingerprint density at radius 3 is 2.50 bits per heavy atom. The van der Waals surface area contributed by atoms with Gasteiger partial charge in [-0.25, -0.2) is 4.98 Å². The Morgan fingerprint density at radius 2 is 1.82 bits per heavy atom. The Balaban J connectivity index is 1.85. The van der Waals surface area contributed by atoms with Gasteiger partial charge in [0.25, 0.3) is 0 Å². The standard InChI is InChI=1S/C15H11ClN4OS/c16-10-1-3-11(4-2-10)19-15-20-14(17)13(22-15)12(21)9-5-7-18-8-6-9/h1-8H,17H2,(H,19,20). The van der Waals surface area contributed by atoms with E-state index in [1.54, 1.807) is 36.7 Å². The van der Waals surface area contributed by atoms with E-state index in [9.17, 15) is 4.79 Å². The zero-order valence-electron chi connectivity index (χ0n) is 11.3. The second-order valence-electron chi connectivity index (χ2n) is 4.43. The van der Waals surface area contributed by atoms with Crippen LogP contribution in [0.2, 0.25) is 5.02 Å². The SMILES string of the molecule is Nc1nc(Nc2ccc(Cl)cc2)sc1C(=O)c1ccncc1. The van der Waals surface area contributed by atoms with E-state index in [0.717, 1.165) is 5.69 Å². The largest absolute Gasteiger partial charge is 0.382 e. The van der Waals surface area contributed by atoms with E-state index in [0.29, 0.717) is 20.6 Å². The topological polar surface area (TPSA) is 80.9 Å². The van der Waals surface area contributed by atoms with Crippen LogP contribution in [-0.4, -0.2) is 15.8 Å². The fourth-order valence-corrected chi connectivity index (χ4v) is 2.83. The minimum Gasteiger partial charge on any atom is -0.382 e. The molecular weight excluding hydrogens is 320 g/mol. The lowest BCUT2D eigenvalue weighted by atomic mass is 10.1. The highest BCUT2D eigenvalue weighted by Crippen LogP contribution is 2.29. The molecule has 3 N–H and O–H groups in total. The van der Waals surface area contributed by atoms with Crippen LogP contribution >= 0.6 is 22.9 Å². The first-order valence-corrected chi connectivity index (χ1v) is 7.56. The number of ketones is 1. The molecule has 110 valence electrons. The summed E-state index contributed by atoms with van der Waals surface area (Å²) in [6, 6.07) is 10.5. The summed E-state index contributed by atoms with van der Waals surface area (Å²) in [4.78, 5) is 20.9. The molecule has 0 spiro atoms. The van der Waals surface area contributed by atoms with E-state index in [4.69, 9.17) is 17.3 Å². The minimum absolute atomic E-state index is 0.165. The third kappa shape index (κ3) is 3.08. The summed E-state index contributed by atoms with van der Waals surface area (Å²) in [5.41, 5.74) is 7.21. The van der Waals surface area contributed by atoms with Gasteiger partial charge in [0, 0.05) is 28.7 Å². The molecule has 0 unspecified atom stereocenters. The fourth-order valence-electron chi connectivity index (χ4n) is 1.84. The monoisotopic (exact) mass is 330 g/mol. The molecule has 2 heterocycles. The minimum atomic E-state index is -0.165. The van der Waals surface area contributed by atoms with Gasteiger partial charge in [0.2, 0.25) is 5.78 Å². The molecule has 0 aliphatic carbocycles. The summed E-state index contributed by atoms with van der Waals surface area (Å²) in [6.07, 6.45) is 3.13. The van der Waals surface area contributed by atoms with Crippen molar-refractivity contribution in [2.45, 2.75) is 0 Å². The van der Waals surface area contributed by atoms with Crippen LogP contribution < -0.4 is 11.1 Å². The maximum atomic E-state index is 12.4. The van der Waals surface area contributed by atoms with E-state index in [-0.39, 0.29) is 11.6 Å². The van der Waals surface area contributed by atoms with Crippen molar-refractivity contribution >= 4 is 45.4 Å². The van der Waals surface area contributed by atoms with Crippen LogP contribution in [-0.2, 0) is 0 Å². The van der Waals surface area contributed by atoms with Crippen molar-refractivity contribution in [2.75, 3.05) is 11.1 Å². The number of nitrogen functional groups attached to an aromatic ring is 1. The lowest BCUT2D eigenvalue weighted by molar-refractivity contribution is 0.104. The normalized spacial score (nSPS) is 10.4. The van der Waals surface area contributed by atoms with Crippen LogP contribution in [0.4, 0.5) is 16.6 Å². The Labute approximate surface area is 135 Å². The number of halogens is 1. The van der Waals surface area contributed by atoms with Crippen molar-refractivity contribution in [3.63, 3.8) is 0 Å². The highest BCUT2D eigenvalue weighted by Gasteiger charge is 2.17. The first-order chi connectivity index (χ1) is 10.6. The van der Waals surface area contributed by atoms with Crippen molar-refractivity contribution in [3.8, 4) is 0 Å². The number of benzene rings is 1. The van der Waals surface area contributed by atoms with Crippen molar-refractivity contribution in [2.24, 2.45) is 0 Å². The van der Waals surface area contributed by atoms with Gasteiger partial charge in [-0.3, -0.25) is 9.78 Å². The lowest BCUT2D eigenvalue weighted by Gasteiger charge is -2.01. The maximum absolute atomic E-state index is 12.4. The van der Waals surface area contributed by atoms with Gasteiger partial charge >= 0.3 is 0 Å². The number of anilines is 3. The molecule has 0 atom stereocenters. The number of thiazole rings is 1. The molecule has 2 aromatic heterocycles. The molecule has 5 nitrogen and oxygen atoms in total. The number of rotatable bonds is 4. The molecule has 1 aromatic carbocycles. The van der Waals surface area contributed by atoms with Gasteiger partial charge in [-0.05, 0) is 36.4 Å². The van der Waals surface area contributed by atoms with Gasteiger partial charge in [-0.1, -0.05) is 22.9 Å². The van der Waals surface area contributed by atoms with Crippen LogP contribution in [0.25, 0.3) is 0 Å². The third-order valence-corrected chi connectivity index (χ3v) is 4.13. The molecule has 0 amide bonds. The van der Waals surface area contributed by atoms with Crippen molar-refractivity contribution in [1.82, 2.24) is 9.97 Å². The summed E-state index contributed by atoms with van der Waals surface area (Å²) < 4.78 is 0. The maximum Gasteiger partial charge on any atom is 0.206 e. The zero-order valence-corrected chi connectivity index (χ0v) is 12.9. The highest BCUT2D eigenvalue weighted by molar-refractivity contribution is 7.18. The van der Waals surface area contributed by atoms with E-state index >= 15 is 0 Å². The smallest absolute Gasteiger partial charge is 0.206 e. The van der Waals surface area contributed by atoms with Gasteiger partial charge in [0.1, 0.15) is 10.7 Å². The number of carbonyl (C=O) groups excluding carboxylic acids is 1. The molecular formula is C15H11ClN4OS. The quantitative estimate of drug-likeness (QED) is 0.712. The average Bonchev–Trinajstić information content (AvgIpc) is 2.90. The Kier molecular flexibility index (Phi) is 4.04. The Morgan fingerprint density at radius 1 is 1.14 bits per heavy atom. The molecule has 3 aromatic rings. The van der Waals surface area contributed by atoms with E-state index < -0.39 is 0 Å². The summed E-state index contributed by atoms with van der Waals surface area (Å²) in [5, 5.41) is 4.31. The lowest BCUT2D eigenvalue weighted by Crippen LogP contribution is -2.02. The summed E-state index contributed by atoms with van der Waals surface area (Å²) >= 11 is 7.05. The van der Waals surface area contributed by atoms with Crippen molar-refractivity contribution < 1.29 is 4.79 Å². The summed E-state index contributed by atoms with van der Waals surface area (Å²) in [5.74, 6) is 0.0461. The van der Waals surface area contributed by atoms with E-state index in [1.807, 2.05) is 12.1 Å². The Bertz CT molecular complexity index is 802. The van der Waals surface area contributed by atoms with Crippen LogP contribution in [0, 0.1) is 0 Å². The average molecular weight is 331 g/mol. The number of aromatic nitrogens is 2. The van der Waals surface area contributed by atoms with Crippen LogP contribution in [0.5, 0.6) is 0 Å². The van der Waals surface area contributed by atoms with Crippen molar-refractivity contribution in [1.29, 1.82) is 0 Å². The second-order valence-corrected chi connectivity index (χ2v) is 5.87. The molecule has 0 fully saturated rings. The molecule has 3 rings (SSSR count). The van der Waals surface area contributed by atoms with Crippen LogP contribution in [0.3, 0.4) is 0 Å². The first kappa shape index (κ1) is 14.5. The van der Waals surface area contributed by atoms with Crippen LogP contribution in [0.1, 0.15) is 15.2 Å². The fraction of sp³-hybridized carbons (Fsp3) is 0. The highest BCUT2D eigenvalue weighted by atomic mass is 35.5. The number of hydrogen-bond acceptors (Lipinski definition) is 6. The number of carbonyl (C=O) groups is 1. The molecule has 0 bridgehead atoms. The first-order valence-electron chi connectivity index (χ1n) is 6.37. The third-order valence-electron chi connectivity index (χ3n) is 2.90. The second kappa shape index (κ2) is 6.13. The van der Waals surface area contributed by atoms with Crippen molar-refractivity contribution in [3.05, 3.63) is 64.3 Å². The number of nitrogens with two attached hydrogens (primary N) is 1.